The van der Waals surface area contributed by atoms with Crippen molar-refractivity contribution in [3.05, 3.63) is 58.1 Å². The third kappa shape index (κ3) is 2.79. The molecule has 0 fully saturated rings. The molecule has 1 unspecified atom stereocenters. The topological polar surface area (TPSA) is 49.3 Å². The van der Waals surface area contributed by atoms with Crippen LogP contribution in [0.4, 0.5) is 5.69 Å². The normalized spacial score (nSPS) is 16.7. The number of benzene rings is 2. The van der Waals surface area contributed by atoms with Gasteiger partial charge in [0.2, 0.25) is 0 Å². The lowest BCUT2D eigenvalue weighted by molar-refractivity contribution is -0.123. The Labute approximate surface area is 132 Å². The average molecular weight is 320 g/mol. The van der Waals surface area contributed by atoms with Gasteiger partial charge in [-0.15, -0.1) is 11.8 Å². The summed E-state index contributed by atoms with van der Waals surface area (Å²) in [4.78, 5) is 12.4. The second-order valence-electron chi connectivity index (χ2n) is 4.98. The van der Waals surface area contributed by atoms with Gasteiger partial charge in [0.05, 0.1) is 5.02 Å². The Kier molecular flexibility index (Phi) is 3.93. The summed E-state index contributed by atoms with van der Waals surface area (Å²) in [7, 11) is 0. The molecule has 1 heterocycles. The van der Waals surface area contributed by atoms with Crippen LogP contribution in [0.15, 0.2) is 41.3 Å². The quantitative estimate of drug-likeness (QED) is 0.843. The van der Waals surface area contributed by atoms with Crippen LogP contribution in [0.3, 0.4) is 0 Å². The first-order chi connectivity index (χ1) is 10.1. The molecule has 21 heavy (non-hydrogen) atoms. The van der Waals surface area contributed by atoms with Gasteiger partial charge in [0, 0.05) is 21.9 Å². The van der Waals surface area contributed by atoms with Crippen LogP contribution >= 0.6 is 23.4 Å². The van der Waals surface area contributed by atoms with Crippen molar-refractivity contribution in [3.8, 4) is 0 Å². The highest BCUT2D eigenvalue weighted by Crippen LogP contribution is 2.39. The van der Waals surface area contributed by atoms with Gasteiger partial charge in [0.15, 0.2) is 6.10 Å². The van der Waals surface area contributed by atoms with E-state index in [0.717, 1.165) is 10.6 Å². The molecule has 1 atom stereocenters. The van der Waals surface area contributed by atoms with E-state index >= 15 is 0 Å². The molecule has 0 aliphatic carbocycles. The zero-order valence-corrected chi connectivity index (χ0v) is 13.0. The largest absolute Gasteiger partial charge is 0.378 e. The smallest absolute Gasteiger partial charge is 0.257 e. The molecule has 0 spiro atoms. The molecule has 2 aromatic carbocycles. The van der Waals surface area contributed by atoms with Crippen molar-refractivity contribution in [2.45, 2.75) is 23.7 Å². The van der Waals surface area contributed by atoms with E-state index in [0.29, 0.717) is 16.3 Å². The zero-order chi connectivity index (χ0) is 15.0. The number of rotatable bonds is 3. The van der Waals surface area contributed by atoms with Gasteiger partial charge in [0.25, 0.3) is 5.91 Å². The molecule has 0 bridgehead atoms. The molecule has 5 heteroatoms. The minimum atomic E-state index is -1.12. The van der Waals surface area contributed by atoms with Crippen molar-refractivity contribution in [2.24, 2.45) is 0 Å². The summed E-state index contributed by atoms with van der Waals surface area (Å²) < 4.78 is 0. The predicted molar refractivity (Wildman–Crippen MR) is 85.8 cm³/mol. The molecule has 0 saturated carbocycles. The minimum absolute atomic E-state index is 0.401. The van der Waals surface area contributed by atoms with Gasteiger partial charge in [-0.1, -0.05) is 35.9 Å². The SMILES string of the molecule is Cc1ccccc1CSc1cc2c(cc1Cl)C(O)C(=O)N2. The number of hydrogen-bond acceptors (Lipinski definition) is 3. The number of carbonyl (C=O) groups excluding carboxylic acids is 1. The molecule has 1 amide bonds. The highest BCUT2D eigenvalue weighted by atomic mass is 35.5. The fourth-order valence-corrected chi connectivity index (χ4v) is 3.65. The van der Waals surface area contributed by atoms with Gasteiger partial charge >= 0.3 is 0 Å². The Morgan fingerprint density at radius 2 is 2.10 bits per heavy atom. The maximum absolute atomic E-state index is 11.5. The highest BCUT2D eigenvalue weighted by molar-refractivity contribution is 7.98. The van der Waals surface area contributed by atoms with Gasteiger partial charge in [0.1, 0.15) is 0 Å². The maximum atomic E-state index is 11.5. The molecule has 3 rings (SSSR count). The third-order valence-electron chi connectivity index (χ3n) is 3.55. The summed E-state index contributed by atoms with van der Waals surface area (Å²) in [5, 5.41) is 13.0. The first kappa shape index (κ1) is 14.4. The number of nitrogens with one attached hydrogen (secondary N) is 1. The second kappa shape index (κ2) is 5.72. The van der Waals surface area contributed by atoms with Crippen molar-refractivity contribution >= 4 is 35.0 Å². The summed E-state index contributed by atoms with van der Waals surface area (Å²) in [5.41, 5.74) is 3.68. The molecular weight excluding hydrogens is 306 g/mol. The van der Waals surface area contributed by atoms with Crippen LogP contribution in [-0.2, 0) is 10.5 Å². The van der Waals surface area contributed by atoms with Crippen molar-refractivity contribution in [1.82, 2.24) is 0 Å². The lowest BCUT2D eigenvalue weighted by Gasteiger charge is -2.09. The zero-order valence-electron chi connectivity index (χ0n) is 11.4. The van der Waals surface area contributed by atoms with Gasteiger partial charge in [-0.05, 0) is 30.2 Å². The summed E-state index contributed by atoms with van der Waals surface area (Å²) >= 11 is 7.87. The lowest BCUT2D eigenvalue weighted by Crippen LogP contribution is -2.10. The van der Waals surface area contributed by atoms with E-state index in [1.165, 1.54) is 11.1 Å². The average Bonchev–Trinajstić information content (AvgIpc) is 2.73. The van der Waals surface area contributed by atoms with E-state index in [9.17, 15) is 9.90 Å². The number of hydrogen-bond donors (Lipinski definition) is 2. The van der Waals surface area contributed by atoms with Crippen LogP contribution in [0.25, 0.3) is 0 Å². The van der Waals surface area contributed by atoms with E-state index in [1.807, 2.05) is 18.2 Å². The van der Waals surface area contributed by atoms with Crippen LogP contribution in [-0.4, -0.2) is 11.0 Å². The van der Waals surface area contributed by atoms with Gasteiger partial charge in [-0.25, -0.2) is 0 Å². The van der Waals surface area contributed by atoms with Crippen molar-refractivity contribution in [2.75, 3.05) is 5.32 Å². The van der Waals surface area contributed by atoms with Gasteiger partial charge < -0.3 is 10.4 Å². The molecular formula is C16H14ClNO2S. The number of fused-ring (bicyclic) bond motifs is 1. The number of aliphatic hydroxyl groups excluding tert-OH is 1. The molecule has 0 aromatic heterocycles. The van der Waals surface area contributed by atoms with E-state index < -0.39 is 12.0 Å². The molecule has 3 nitrogen and oxygen atoms in total. The second-order valence-corrected chi connectivity index (χ2v) is 6.40. The molecule has 0 saturated heterocycles. The summed E-state index contributed by atoms with van der Waals surface area (Å²) in [6, 6.07) is 11.7. The van der Waals surface area contributed by atoms with Gasteiger partial charge in [-0.2, -0.15) is 0 Å². The third-order valence-corrected chi connectivity index (χ3v) is 5.08. The molecule has 1 aliphatic rings. The van der Waals surface area contributed by atoms with Crippen LogP contribution in [0.5, 0.6) is 0 Å². The molecule has 2 N–H and O–H groups in total. The number of thioether (sulfide) groups is 1. The van der Waals surface area contributed by atoms with Crippen molar-refractivity contribution in [3.63, 3.8) is 0 Å². The van der Waals surface area contributed by atoms with Crippen LogP contribution in [0.1, 0.15) is 22.8 Å². The van der Waals surface area contributed by atoms with E-state index in [2.05, 4.69) is 24.4 Å². The summed E-state index contributed by atoms with van der Waals surface area (Å²) in [6.45, 7) is 2.08. The molecule has 0 radical (unpaired) electrons. The Morgan fingerprint density at radius 3 is 2.86 bits per heavy atom. The van der Waals surface area contributed by atoms with Crippen molar-refractivity contribution < 1.29 is 9.90 Å². The van der Waals surface area contributed by atoms with E-state index in [1.54, 1.807) is 17.8 Å². The standard InChI is InChI=1S/C16H14ClNO2S/c1-9-4-2-3-5-10(9)8-21-14-7-13-11(6-12(14)17)15(19)16(20)18-13/h2-7,15,19H,8H2,1H3,(H,18,20). The highest BCUT2D eigenvalue weighted by Gasteiger charge is 2.29. The first-order valence-corrected chi connectivity index (χ1v) is 7.92. The monoisotopic (exact) mass is 319 g/mol. The van der Waals surface area contributed by atoms with E-state index in [-0.39, 0.29) is 0 Å². The maximum Gasteiger partial charge on any atom is 0.257 e. The fraction of sp³-hybridized carbons (Fsp3) is 0.188. The van der Waals surface area contributed by atoms with Crippen LogP contribution in [0.2, 0.25) is 5.02 Å². The number of aliphatic hydroxyl groups is 1. The van der Waals surface area contributed by atoms with Crippen LogP contribution in [0, 0.1) is 6.92 Å². The van der Waals surface area contributed by atoms with Gasteiger partial charge in [-0.3, -0.25) is 4.79 Å². The Bertz CT molecular complexity index is 717. The molecule has 1 aliphatic heterocycles. The minimum Gasteiger partial charge on any atom is -0.378 e. The molecule has 2 aromatic rings. The number of carbonyl (C=O) groups is 1. The van der Waals surface area contributed by atoms with Crippen molar-refractivity contribution in [1.29, 1.82) is 0 Å². The first-order valence-electron chi connectivity index (χ1n) is 6.56. The van der Waals surface area contributed by atoms with Crippen LogP contribution < -0.4 is 5.32 Å². The Hall–Kier alpha value is -1.49. The number of anilines is 1. The predicted octanol–water partition coefficient (Wildman–Crippen LogP) is 3.93. The number of aryl methyl sites for hydroxylation is 1. The Morgan fingerprint density at radius 1 is 1.33 bits per heavy atom. The Balaban J connectivity index is 1.83. The fourth-order valence-electron chi connectivity index (χ4n) is 2.28. The molecule has 108 valence electrons. The summed E-state index contributed by atoms with van der Waals surface area (Å²) in [6.07, 6.45) is -1.12. The lowest BCUT2D eigenvalue weighted by atomic mass is 10.1. The number of amides is 1. The number of halogens is 1. The van der Waals surface area contributed by atoms with E-state index in [4.69, 9.17) is 11.6 Å². The summed E-state index contributed by atoms with van der Waals surface area (Å²) in [5.74, 6) is 0.406.